The molecule has 0 saturated carbocycles. The Hall–Kier alpha value is -2.47. The second-order valence-electron chi connectivity index (χ2n) is 7.50. The van der Waals surface area contributed by atoms with Crippen molar-refractivity contribution >= 4 is 54.7 Å². The van der Waals surface area contributed by atoms with Crippen molar-refractivity contribution in [3.05, 3.63) is 36.0 Å². The van der Waals surface area contributed by atoms with Gasteiger partial charge in [0, 0.05) is 24.2 Å². The van der Waals surface area contributed by atoms with E-state index in [1.807, 2.05) is 13.0 Å². The fraction of sp³-hybridized carbons (Fsp3) is 0.222. The first-order chi connectivity index (χ1) is 15.2. The van der Waals surface area contributed by atoms with Gasteiger partial charge in [-0.3, -0.25) is 5.10 Å². The summed E-state index contributed by atoms with van der Waals surface area (Å²) >= 11 is 0. The van der Waals surface area contributed by atoms with Crippen molar-refractivity contribution in [3.8, 4) is 22.5 Å². The van der Waals surface area contributed by atoms with Gasteiger partial charge in [0.2, 0.25) is 15.8 Å². The minimum absolute atomic E-state index is 0. The molecular formula is C18H19IN8O4S2. The number of fused-ring (bicyclic) bond motifs is 1. The van der Waals surface area contributed by atoms with Gasteiger partial charge < -0.3 is 5.32 Å². The molecule has 0 aliphatic carbocycles. The Morgan fingerprint density at radius 3 is 2.42 bits per heavy atom. The van der Waals surface area contributed by atoms with Crippen LogP contribution in [-0.2, 0) is 19.9 Å². The van der Waals surface area contributed by atoms with E-state index in [0.717, 1.165) is 16.6 Å². The maximum atomic E-state index is 13.2. The van der Waals surface area contributed by atoms with Gasteiger partial charge in [0.25, 0.3) is 0 Å². The van der Waals surface area contributed by atoms with Gasteiger partial charge >= 0.3 is 0 Å². The maximum Gasteiger partial charge on any atom is 0.240 e. The van der Waals surface area contributed by atoms with Crippen LogP contribution in [0.1, 0.15) is 5.69 Å². The molecule has 2 aromatic heterocycles. The lowest BCUT2D eigenvalue weighted by atomic mass is 9.97. The number of sulfone groups is 1. The van der Waals surface area contributed by atoms with E-state index in [-0.39, 0.29) is 53.3 Å². The molecule has 0 radical (unpaired) electrons. The number of halogens is 1. The van der Waals surface area contributed by atoms with Crippen LogP contribution in [0.5, 0.6) is 0 Å². The van der Waals surface area contributed by atoms with Crippen molar-refractivity contribution in [3.63, 3.8) is 0 Å². The minimum Gasteiger partial charge on any atom is -0.314 e. The number of aromatic nitrogens is 6. The molecule has 1 aliphatic heterocycles. The molecule has 2 aromatic carbocycles. The second kappa shape index (κ2) is 8.39. The number of nitrogens with one attached hydrogen (secondary N) is 3. The molecule has 0 amide bonds. The molecule has 1 fully saturated rings. The fourth-order valence-corrected chi connectivity index (χ4v) is 6.95. The monoisotopic (exact) mass is 602 g/mol. The van der Waals surface area contributed by atoms with E-state index in [0.29, 0.717) is 11.1 Å². The van der Waals surface area contributed by atoms with Crippen LogP contribution in [0.2, 0.25) is 0 Å². The summed E-state index contributed by atoms with van der Waals surface area (Å²) in [6.07, 6.45) is 0. The molecule has 0 unspecified atom stereocenters. The van der Waals surface area contributed by atoms with E-state index in [1.54, 1.807) is 12.1 Å². The van der Waals surface area contributed by atoms with Gasteiger partial charge in [-0.2, -0.15) is 10.3 Å². The Morgan fingerprint density at radius 2 is 1.82 bits per heavy atom. The maximum absolute atomic E-state index is 13.2. The first-order valence-electron chi connectivity index (χ1n) is 9.51. The molecule has 12 nitrogen and oxygen atoms in total. The highest BCUT2D eigenvalue weighted by atomic mass is 127. The van der Waals surface area contributed by atoms with E-state index in [4.69, 9.17) is 5.14 Å². The average molecular weight is 602 g/mol. The number of nitrogens with two attached hydrogens (primary N) is 1. The van der Waals surface area contributed by atoms with Crippen LogP contribution in [0, 0.1) is 6.92 Å². The Morgan fingerprint density at radius 1 is 1.06 bits per heavy atom. The van der Waals surface area contributed by atoms with Gasteiger partial charge in [0.15, 0.2) is 9.84 Å². The zero-order chi connectivity index (χ0) is 22.7. The van der Waals surface area contributed by atoms with Gasteiger partial charge in [-0.1, -0.05) is 12.1 Å². The van der Waals surface area contributed by atoms with E-state index < -0.39 is 30.0 Å². The third-order valence-electron chi connectivity index (χ3n) is 5.52. The molecule has 0 atom stereocenters. The highest BCUT2D eigenvalue weighted by Gasteiger charge is 2.38. The van der Waals surface area contributed by atoms with Gasteiger partial charge in [-0.25, -0.2) is 22.0 Å². The lowest BCUT2D eigenvalue weighted by Crippen LogP contribution is -2.51. The number of benzene rings is 2. The third-order valence-corrected chi connectivity index (χ3v) is 8.81. The molecule has 1 saturated heterocycles. The van der Waals surface area contributed by atoms with Gasteiger partial charge in [0.05, 0.1) is 21.2 Å². The predicted octanol–water partition coefficient (Wildman–Crippen LogP) is 0.729. The van der Waals surface area contributed by atoms with Crippen molar-refractivity contribution < 1.29 is 16.8 Å². The van der Waals surface area contributed by atoms with Crippen LogP contribution in [0.15, 0.2) is 40.1 Å². The van der Waals surface area contributed by atoms with Crippen molar-refractivity contribution in [2.75, 3.05) is 13.1 Å². The summed E-state index contributed by atoms with van der Waals surface area (Å²) in [6, 6.07) is 8.16. The predicted molar refractivity (Wildman–Crippen MR) is 130 cm³/mol. The highest BCUT2D eigenvalue weighted by Crippen LogP contribution is 2.40. The van der Waals surface area contributed by atoms with E-state index in [2.05, 4.69) is 36.1 Å². The summed E-state index contributed by atoms with van der Waals surface area (Å²) in [7, 11) is -8.48. The number of sulfonamides is 1. The second-order valence-corrected chi connectivity index (χ2v) is 11.2. The lowest BCUT2D eigenvalue weighted by molar-refractivity contribution is 0.493. The van der Waals surface area contributed by atoms with Crippen molar-refractivity contribution in [2.45, 2.75) is 22.0 Å². The summed E-state index contributed by atoms with van der Waals surface area (Å²) in [4.78, 5) is -0.928. The number of primary sulfonamides is 1. The van der Waals surface area contributed by atoms with Crippen LogP contribution in [0.3, 0.4) is 0 Å². The number of hydrogen-bond acceptors (Lipinski definition) is 9. The van der Waals surface area contributed by atoms with Gasteiger partial charge in [-0.05, 0) is 41.5 Å². The Labute approximate surface area is 205 Å². The number of aromatic amines is 2. The third kappa shape index (κ3) is 3.92. The molecular weight excluding hydrogens is 583 g/mol. The SMILES string of the molecule is Cc1[nH]nc2ccc(-c3ccc(S(=O)(=O)C4CNC4)c(S(N)(=O)=O)c3-c3nn[nH]n3)cc12.I. The summed E-state index contributed by atoms with van der Waals surface area (Å²) in [5, 5.41) is 29.3. The number of aryl methyl sites for hydroxylation is 1. The topological polar surface area (TPSA) is 189 Å². The molecule has 15 heteroatoms. The highest BCUT2D eigenvalue weighted by molar-refractivity contribution is 14.0. The largest absolute Gasteiger partial charge is 0.314 e. The standard InChI is InChI=1S/C18H18N8O4S2.HI/c1-9-13-6-10(2-4-14(13)22-21-9)12-3-5-15(31(27,28)11-7-20-8-11)17(32(19,29)30)16(12)18-23-25-26-24-18;/h2-6,11,20H,7-8H2,1H3,(H,21,22)(H2,19,29,30)(H,23,24,25,26);1H. The quantitative estimate of drug-likeness (QED) is 0.239. The normalized spacial score (nSPS) is 14.7. The van der Waals surface area contributed by atoms with E-state index in [1.165, 1.54) is 12.1 Å². The van der Waals surface area contributed by atoms with E-state index in [9.17, 15) is 16.8 Å². The Bertz CT molecular complexity index is 1560. The van der Waals surface area contributed by atoms with E-state index >= 15 is 0 Å². The van der Waals surface area contributed by atoms with Crippen LogP contribution < -0.4 is 10.5 Å². The first-order valence-corrected chi connectivity index (χ1v) is 12.6. The molecule has 174 valence electrons. The van der Waals surface area contributed by atoms with Crippen LogP contribution in [0.25, 0.3) is 33.4 Å². The van der Waals surface area contributed by atoms with Gasteiger partial charge in [0.1, 0.15) is 4.90 Å². The molecule has 0 bridgehead atoms. The number of H-pyrrole nitrogens is 2. The molecule has 33 heavy (non-hydrogen) atoms. The molecule has 5 N–H and O–H groups in total. The molecule has 1 aliphatic rings. The number of nitrogens with zero attached hydrogens (tertiary/aromatic N) is 4. The molecule has 4 aromatic rings. The smallest absolute Gasteiger partial charge is 0.240 e. The van der Waals surface area contributed by atoms with Crippen molar-refractivity contribution in [1.29, 1.82) is 0 Å². The average Bonchev–Trinajstić information content (AvgIpc) is 3.34. The lowest BCUT2D eigenvalue weighted by Gasteiger charge is -2.28. The summed E-state index contributed by atoms with van der Waals surface area (Å²) in [5.41, 5.74) is 2.53. The Balaban J connectivity index is 0.00000259. The summed E-state index contributed by atoms with van der Waals surface area (Å²) < 4.78 is 51.9. The van der Waals surface area contributed by atoms with Crippen molar-refractivity contribution in [1.82, 2.24) is 36.1 Å². The Kier molecular flexibility index (Phi) is 6.02. The van der Waals surface area contributed by atoms with Crippen LogP contribution in [0.4, 0.5) is 0 Å². The molecule has 3 heterocycles. The number of hydrogen-bond donors (Lipinski definition) is 4. The van der Waals surface area contributed by atoms with Crippen LogP contribution >= 0.6 is 24.0 Å². The van der Waals surface area contributed by atoms with Crippen molar-refractivity contribution in [2.24, 2.45) is 5.14 Å². The van der Waals surface area contributed by atoms with Crippen LogP contribution in [-0.4, -0.2) is 66.0 Å². The number of tetrazole rings is 1. The fourth-order valence-electron chi connectivity index (χ4n) is 3.77. The first kappa shape index (κ1) is 23.7. The minimum atomic E-state index is -4.50. The summed E-state index contributed by atoms with van der Waals surface area (Å²) in [5.74, 6) is -0.0863. The van der Waals surface area contributed by atoms with Gasteiger partial charge in [-0.15, -0.1) is 34.2 Å². The number of rotatable bonds is 5. The summed E-state index contributed by atoms with van der Waals surface area (Å²) in [6.45, 7) is 2.31. The zero-order valence-electron chi connectivity index (χ0n) is 17.1. The molecule has 0 spiro atoms. The zero-order valence-corrected chi connectivity index (χ0v) is 21.1. The molecule has 5 rings (SSSR count).